The molecule has 0 aromatic heterocycles. The Morgan fingerprint density at radius 2 is 0.846 bits per heavy atom. The van der Waals surface area contributed by atoms with Crippen molar-refractivity contribution < 1.29 is 28.7 Å². The number of rotatable bonds is 7. The molecular weight excluding hydrogens is 336 g/mol. The van der Waals surface area contributed by atoms with Crippen LogP contribution in [0.1, 0.15) is 54.3 Å². The summed E-state index contributed by atoms with van der Waals surface area (Å²) in [6.45, 7) is 0. The molecule has 2 aromatic carbocycles. The monoisotopic (exact) mass is 354 g/mol. The second-order valence-electron chi connectivity index (χ2n) is 5.48. The maximum Gasteiger partial charge on any atom is 0.337 e. The lowest BCUT2D eigenvalue weighted by atomic mass is 10.00. The molecule has 0 aliphatic rings. The molecule has 2 aromatic rings. The van der Waals surface area contributed by atoms with Crippen LogP contribution in [0, 0.1) is 0 Å². The summed E-state index contributed by atoms with van der Waals surface area (Å²) < 4.78 is 9.19. The van der Waals surface area contributed by atoms with Gasteiger partial charge in [-0.1, -0.05) is 24.3 Å². The molecule has 0 atom stereocenters. The summed E-state index contributed by atoms with van der Waals surface area (Å²) in [6.07, 6.45) is 0.102. The summed E-state index contributed by atoms with van der Waals surface area (Å²) >= 11 is 0. The van der Waals surface area contributed by atoms with Gasteiger partial charge in [0.1, 0.15) is 0 Å². The molecule has 0 heterocycles. The minimum Gasteiger partial charge on any atom is -0.465 e. The highest BCUT2D eigenvalue weighted by molar-refractivity contribution is 6.03. The molecule has 0 saturated carbocycles. The Morgan fingerprint density at radius 3 is 1.12 bits per heavy atom. The second kappa shape index (κ2) is 8.71. The summed E-state index contributed by atoms with van der Waals surface area (Å²) in [7, 11) is 2.56. The number of carbonyl (C=O) groups is 4. The highest BCUT2D eigenvalue weighted by atomic mass is 16.5. The highest BCUT2D eigenvalue weighted by Crippen LogP contribution is 2.13. The summed E-state index contributed by atoms with van der Waals surface area (Å²) in [6, 6.07) is 12.2. The molecular formula is C20H18O6. The number of esters is 2. The maximum atomic E-state index is 12.2. The van der Waals surface area contributed by atoms with E-state index in [0.29, 0.717) is 22.3 Å². The molecule has 0 saturated heterocycles. The number of ether oxygens (including phenoxy) is 2. The SMILES string of the molecule is COC(=O)c1ccc(C(=O)CCC(=O)c2ccc(C(=O)OC)cc2)cc1. The summed E-state index contributed by atoms with van der Waals surface area (Å²) in [5.41, 5.74) is 1.55. The first-order chi connectivity index (χ1) is 12.5. The van der Waals surface area contributed by atoms with E-state index >= 15 is 0 Å². The van der Waals surface area contributed by atoms with E-state index in [1.807, 2.05) is 0 Å². The Labute approximate surface area is 150 Å². The first-order valence-electron chi connectivity index (χ1n) is 7.89. The molecule has 2 rings (SSSR count). The molecule has 0 spiro atoms. The van der Waals surface area contributed by atoms with Gasteiger partial charge in [-0.25, -0.2) is 9.59 Å². The van der Waals surface area contributed by atoms with Gasteiger partial charge in [-0.05, 0) is 24.3 Å². The molecule has 0 radical (unpaired) electrons. The number of Topliss-reactive ketones (excluding diaryl/α,β-unsaturated/α-hetero) is 2. The van der Waals surface area contributed by atoms with Crippen molar-refractivity contribution in [2.45, 2.75) is 12.8 Å². The third-order valence-electron chi connectivity index (χ3n) is 3.84. The third kappa shape index (κ3) is 4.63. The molecule has 6 heteroatoms. The number of ketones is 2. The zero-order valence-electron chi connectivity index (χ0n) is 14.5. The first kappa shape index (κ1) is 19.1. The lowest BCUT2D eigenvalue weighted by molar-refractivity contribution is 0.0592. The number of hydrogen-bond acceptors (Lipinski definition) is 6. The number of carbonyl (C=O) groups excluding carboxylic acids is 4. The third-order valence-corrected chi connectivity index (χ3v) is 3.84. The molecule has 0 aliphatic carbocycles. The summed E-state index contributed by atoms with van der Waals surface area (Å²) in [4.78, 5) is 47.1. The van der Waals surface area contributed by atoms with Crippen molar-refractivity contribution in [1.29, 1.82) is 0 Å². The molecule has 0 amide bonds. The van der Waals surface area contributed by atoms with E-state index in [9.17, 15) is 19.2 Å². The van der Waals surface area contributed by atoms with Crippen molar-refractivity contribution in [3.05, 3.63) is 70.8 Å². The van der Waals surface area contributed by atoms with Gasteiger partial charge >= 0.3 is 11.9 Å². The van der Waals surface area contributed by atoms with Crippen molar-refractivity contribution in [2.75, 3.05) is 14.2 Å². The molecule has 26 heavy (non-hydrogen) atoms. The lowest BCUT2D eigenvalue weighted by Gasteiger charge is -2.04. The molecule has 0 fully saturated rings. The van der Waals surface area contributed by atoms with Gasteiger partial charge in [0.15, 0.2) is 11.6 Å². The Balaban J connectivity index is 1.95. The summed E-state index contributed by atoms with van der Waals surface area (Å²) in [5, 5.41) is 0. The predicted octanol–water partition coefficient (Wildman–Crippen LogP) is 3.11. The molecule has 0 aliphatic heterocycles. The van der Waals surface area contributed by atoms with E-state index in [1.54, 1.807) is 0 Å². The quantitative estimate of drug-likeness (QED) is 0.561. The minimum absolute atomic E-state index is 0.0508. The minimum atomic E-state index is -0.477. The van der Waals surface area contributed by atoms with Gasteiger partial charge < -0.3 is 9.47 Å². The topological polar surface area (TPSA) is 86.7 Å². The van der Waals surface area contributed by atoms with Gasteiger partial charge in [-0.15, -0.1) is 0 Å². The van der Waals surface area contributed by atoms with Gasteiger partial charge in [-0.2, -0.15) is 0 Å². The molecule has 0 unspecified atom stereocenters. The van der Waals surface area contributed by atoms with Gasteiger partial charge in [0.2, 0.25) is 0 Å². The van der Waals surface area contributed by atoms with Crippen molar-refractivity contribution in [3.63, 3.8) is 0 Å². The second-order valence-corrected chi connectivity index (χ2v) is 5.48. The van der Waals surface area contributed by atoms with Crippen molar-refractivity contribution in [2.24, 2.45) is 0 Å². The molecule has 0 N–H and O–H groups in total. The van der Waals surface area contributed by atoms with E-state index in [2.05, 4.69) is 9.47 Å². The van der Waals surface area contributed by atoms with Crippen molar-refractivity contribution >= 4 is 23.5 Å². The molecule has 0 bridgehead atoms. The van der Waals surface area contributed by atoms with Crippen LogP contribution in [0.25, 0.3) is 0 Å². The first-order valence-corrected chi connectivity index (χ1v) is 7.89. The smallest absolute Gasteiger partial charge is 0.337 e. The van der Waals surface area contributed by atoms with Crippen LogP contribution < -0.4 is 0 Å². The van der Waals surface area contributed by atoms with Gasteiger partial charge in [-0.3, -0.25) is 9.59 Å². The fourth-order valence-electron chi connectivity index (χ4n) is 2.34. The normalized spacial score (nSPS) is 10.1. The zero-order chi connectivity index (χ0) is 19.1. The Bertz CT molecular complexity index is 747. The van der Waals surface area contributed by atoms with Crippen LogP contribution in [-0.4, -0.2) is 37.7 Å². The molecule has 6 nitrogen and oxygen atoms in total. The standard InChI is InChI=1S/C20H18O6/c1-25-19(23)15-7-3-13(4-8-15)17(21)11-12-18(22)14-5-9-16(10-6-14)20(24)26-2/h3-10H,11-12H2,1-2H3. The number of hydrogen-bond donors (Lipinski definition) is 0. The molecule has 134 valence electrons. The fraction of sp³-hybridized carbons (Fsp3) is 0.200. The lowest BCUT2D eigenvalue weighted by Crippen LogP contribution is -2.07. The van der Waals surface area contributed by atoms with E-state index in [4.69, 9.17) is 0 Å². The largest absolute Gasteiger partial charge is 0.465 e. The highest BCUT2D eigenvalue weighted by Gasteiger charge is 2.13. The van der Waals surface area contributed by atoms with E-state index < -0.39 is 11.9 Å². The zero-order valence-corrected chi connectivity index (χ0v) is 14.5. The summed E-state index contributed by atoms with van der Waals surface area (Å²) in [5.74, 6) is -1.34. The van der Waals surface area contributed by atoms with Crippen LogP contribution in [0.15, 0.2) is 48.5 Å². The van der Waals surface area contributed by atoms with Gasteiger partial charge in [0.25, 0.3) is 0 Å². The average Bonchev–Trinajstić information content (AvgIpc) is 2.70. The van der Waals surface area contributed by atoms with Crippen LogP contribution in [0.4, 0.5) is 0 Å². The fourth-order valence-corrected chi connectivity index (χ4v) is 2.34. The Morgan fingerprint density at radius 1 is 0.577 bits per heavy atom. The van der Waals surface area contributed by atoms with E-state index in [1.165, 1.54) is 62.8 Å². The van der Waals surface area contributed by atoms with Gasteiger partial charge in [0, 0.05) is 24.0 Å². The average molecular weight is 354 g/mol. The maximum absolute atomic E-state index is 12.2. The van der Waals surface area contributed by atoms with E-state index in [-0.39, 0.29) is 24.4 Å². The van der Waals surface area contributed by atoms with Crippen LogP contribution in [0.3, 0.4) is 0 Å². The van der Waals surface area contributed by atoms with Crippen LogP contribution in [-0.2, 0) is 9.47 Å². The van der Waals surface area contributed by atoms with Gasteiger partial charge in [0.05, 0.1) is 25.3 Å². The van der Waals surface area contributed by atoms with Crippen LogP contribution >= 0.6 is 0 Å². The Hall–Kier alpha value is -3.28. The van der Waals surface area contributed by atoms with Crippen molar-refractivity contribution in [1.82, 2.24) is 0 Å². The van der Waals surface area contributed by atoms with E-state index in [0.717, 1.165) is 0 Å². The van der Waals surface area contributed by atoms with Crippen LogP contribution in [0.5, 0.6) is 0 Å². The number of benzene rings is 2. The Kier molecular flexibility index (Phi) is 6.38. The van der Waals surface area contributed by atoms with Crippen molar-refractivity contribution in [3.8, 4) is 0 Å². The predicted molar refractivity (Wildman–Crippen MR) is 93.5 cm³/mol. The van der Waals surface area contributed by atoms with Crippen LogP contribution in [0.2, 0.25) is 0 Å². The number of methoxy groups -OCH3 is 2.